The van der Waals surface area contributed by atoms with Crippen molar-refractivity contribution in [1.82, 2.24) is 4.57 Å². The molecule has 0 amide bonds. The second-order valence-electron chi connectivity index (χ2n) is 9.64. The first kappa shape index (κ1) is 21.9. The normalized spacial score (nSPS) is 24.5. The summed E-state index contributed by atoms with van der Waals surface area (Å²) in [5, 5.41) is 20.7. The molecular weight excluding hydrogens is 432 g/mol. The van der Waals surface area contributed by atoms with Crippen LogP contribution in [0.1, 0.15) is 44.9 Å². The first-order chi connectivity index (χ1) is 15.5. The SMILES string of the molecule is CC(O[C@H]1C[C@@]2(C1)OCC(C)(C)c1c2c2c(O)cccc2n1-c1ccc(F)c(F)c1)C(=O)O. The summed E-state index contributed by atoms with van der Waals surface area (Å²) in [6.07, 6.45) is -0.390. The van der Waals surface area contributed by atoms with Gasteiger partial charge in [-0.3, -0.25) is 0 Å². The number of aromatic hydroxyl groups is 1. The lowest BCUT2D eigenvalue weighted by Gasteiger charge is -2.52. The Morgan fingerprint density at radius 3 is 2.61 bits per heavy atom. The van der Waals surface area contributed by atoms with Crippen LogP contribution in [0.5, 0.6) is 5.75 Å². The number of fused-ring (bicyclic) bond motifs is 4. The van der Waals surface area contributed by atoms with Gasteiger partial charge in [0.2, 0.25) is 0 Å². The van der Waals surface area contributed by atoms with E-state index in [9.17, 15) is 23.8 Å². The summed E-state index contributed by atoms with van der Waals surface area (Å²) in [6, 6.07) is 8.89. The smallest absolute Gasteiger partial charge is 0.332 e. The van der Waals surface area contributed by atoms with Crippen LogP contribution in [0.25, 0.3) is 16.6 Å². The van der Waals surface area contributed by atoms with E-state index in [2.05, 4.69) is 0 Å². The van der Waals surface area contributed by atoms with E-state index in [1.54, 1.807) is 12.1 Å². The van der Waals surface area contributed by atoms with Crippen molar-refractivity contribution in [3.8, 4) is 11.4 Å². The van der Waals surface area contributed by atoms with Gasteiger partial charge in [0.25, 0.3) is 0 Å². The Morgan fingerprint density at radius 1 is 1.21 bits per heavy atom. The molecule has 1 saturated carbocycles. The summed E-state index contributed by atoms with van der Waals surface area (Å²) in [5.41, 5.74) is 1.47. The van der Waals surface area contributed by atoms with Crippen molar-refractivity contribution >= 4 is 16.9 Å². The molecule has 1 aliphatic heterocycles. The van der Waals surface area contributed by atoms with Crippen LogP contribution in [-0.4, -0.2) is 39.6 Å². The van der Waals surface area contributed by atoms with E-state index < -0.39 is 34.7 Å². The first-order valence-corrected chi connectivity index (χ1v) is 10.9. The summed E-state index contributed by atoms with van der Waals surface area (Å²) in [5.74, 6) is -2.86. The summed E-state index contributed by atoms with van der Waals surface area (Å²) in [4.78, 5) is 11.2. The lowest BCUT2D eigenvalue weighted by molar-refractivity contribution is -0.209. The van der Waals surface area contributed by atoms with E-state index in [1.807, 2.05) is 24.5 Å². The number of hydrogen-bond acceptors (Lipinski definition) is 4. The Kier molecular flexibility index (Phi) is 4.81. The average Bonchev–Trinajstić information content (AvgIpc) is 3.09. The summed E-state index contributed by atoms with van der Waals surface area (Å²) in [6.45, 7) is 5.86. The molecule has 2 N–H and O–H groups in total. The Hall–Kier alpha value is -2.97. The molecule has 2 aliphatic rings. The van der Waals surface area contributed by atoms with Gasteiger partial charge in [-0.05, 0) is 31.2 Å². The van der Waals surface area contributed by atoms with Gasteiger partial charge in [0.05, 0.1) is 18.2 Å². The number of aliphatic carboxylic acids is 1. The van der Waals surface area contributed by atoms with Gasteiger partial charge in [-0.2, -0.15) is 0 Å². The van der Waals surface area contributed by atoms with Gasteiger partial charge in [-0.15, -0.1) is 0 Å². The van der Waals surface area contributed by atoms with E-state index in [0.717, 1.165) is 23.4 Å². The van der Waals surface area contributed by atoms with Gasteiger partial charge >= 0.3 is 5.97 Å². The topological polar surface area (TPSA) is 80.9 Å². The maximum absolute atomic E-state index is 14.2. The number of carboxylic acid groups (broad SMARTS) is 1. The van der Waals surface area contributed by atoms with Crippen LogP contribution >= 0.6 is 0 Å². The zero-order chi connectivity index (χ0) is 23.7. The van der Waals surface area contributed by atoms with Gasteiger partial charge in [0, 0.05) is 46.7 Å². The maximum Gasteiger partial charge on any atom is 0.332 e. The van der Waals surface area contributed by atoms with Crippen molar-refractivity contribution in [3.63, 3.8) is 0 Å². The molecule has 6 nitrogen and oxygen atoms in total. The number of hydrogen-bond donors (Lipinski definition) is 2. The predicted molar refractivity (Wildman–Crippen MR) is 117 cm³/mol. The molecule has 8 heteroatoms. The molecule has 2 heterocycles. The fourth-order valence-corrected chi connectivity index (χ4v) is 5.20. The summed E-state index contributed by atoms with van der Waals surface area (Å²) >= 11 is 0. The number of halogens is 2. The number of carbonyl (C=O) groups is 1. The van der Waals surface area contributed by atoms with Crippen molar-refractivity contribution in [3.05, 3.63) is 59.3 Å². The number of carboxylic acids is 1. The largest absolute Gasteiger partial charge is 0.507 e. The number of nitrogens with zero attached hydrogens (tertiary/aromatic N) is 1. The standard InChI is InChI=1S/C25H25F2NO5/c1-13(23(30)31)33-15-10-25(11-15)21-20-18(5-4-6-19(20)29)28(22(21)24(2,3)12-32-25)14-7-8-16(26)17(27)9-14/h4-9,13,15,29H,10-12H2,1-3H3,(H,30,31)/t13?,15-,25-. The van der Waals surface area contributed by atoms with Crippen LogP contribution in [0.4, 0.5) is 8.78 Å². The van der Waals surface area contributed by atoms with Gasteiger partial charge in [-0.25, -0.2) is 13.6 Å². The molecular formula is C25H25F2NO5. The van der Waals surface area contributed by atoms with Gasteiger partial charge in [0.1, 0.15) is 11.4 Å². The number of ether oxygens (including phenoxy) is 2. The van der Waals surface area contributed by atoms with E-state index >= 15 is 0 Å². The third kappa shape index (κ3) is 3.23. The molecule has 1 unspecified atom stereocenters. The first-order valence-electron chi connectivity index (χ1n) is 10.9. The molecule has 174 valence electrons. The number of rotatable bonds is 4. The Bertz CT molecular complexity index is 1280. The minimum Gasteiger partial charge on any atom is -0.507 e. The van der Waals surface area contributed by atoms with Gasteiger partial charge < -0.3 is 24.3 Å². The average molecular weight is 457 g/mol. The molecule has 1 aromatic heterocycles. The lowest BCUT2D eigenvalue weighted by atomic mass is 9.67. The molecule has 33 heavy (non-hydrogen) atoms. The zero-order valence-electron chi connectivity index (χ0n) is 18.6. The fraction of sp³-hybridized carbons (Fsp3) is 0.400. The molecule has 3 aromatic rings. The van der Waals surface area contributed by atoms with Crippen LogP contribution in [0.3, 0.4) is 0 Å². The van der Waals surface area contributed by atoms with Gasteiger partial charge in [-0.1, -0.05) is 19.9 Å². The molecule has 1 spiro atoms. The van der Waals surface area contributed by atoms with E-state index in [1.165, 1.54) is 13.0 Å². The minimum atomic E-state index is -1.03. The van der Waals surface area contributed by atoms with E-state index in [4.69, 9.17) is 9.47 Å². The predicted octanol–water partition coefficient (Wildman–Crippen LogP) is 4.77. The van der Waals surface area contributed by atoms with Crippen molar-refractivity contribution in [2.45, 2.75) is 56.8 Å². The monoisotopic (exact) mass is 457 g/mol. The number of phenols is 1. The zero-order valence-corrected chi connectivity index (χ0v) is 18.6. The lowest BCUT2D eigenvalue weighted by Crippen LogP contribution is -2.54. The van der Waals surface area contributed by atoms with Crippen LogP contribution in [0.15, 0.2) is 36.4 Å². The van der Waals surface area contributed by atoms with E-state index in [-0.39, 0.29) is 11.9 Å². The third-order valence-corrected chi connectivity index (χ3v) is 6.80. The van der Waals surface area contributed by atoms with Crippen molar-refractivity contribution < 1.29 is 33.3 Å². The highest BCUT2D eigenvalue weighted by atomic mass is 19.2. The molecule has 1 fully saturated rings. The van der Waals surface area contributed by atoms with Crippen LogP contribution in [0.2, 0.25) is 0 Å². The van der Waals surface area contributed by atoms with Crippen LogP contribution < -0.4 is 0 Å². The number of aromatic nitrogens is 1. The Morgan fingerprint density at radius 2 is 1.94 bits per heavy atom. The van der Waals surface area contributed by atoms with Crippen LogP contribution in [-0.2, 0) is 25.3 Å². The van der Waals surface area contributed by atoms with Crippen molar-refractivity contribution in [1.29, 1.82) is 0 Å². The van der Waals surface area contributed by atoms with Crippen LogP contribution in [0, 0.1) is 11.6 Å². The summed E-state index contributed by atoms with van der Waals surface area (Å²) < 4.78 is 41.8. The van der Waals surface area contributed by atoms with Gasteiger partial charge in [0.15, 0.2) is 17.7 Å². The molecule has 1 atom stereocenters. The maximum atomic E-state index is 14.2. The highest BCUT2D eigenvalue weighted by molar-refractivity contribution is 5.94. The third-order valence-electron chi connectivity index (χ3n) is 6.80. The molecule has 0 bridgehead atoms. The van der Waals surface area contributed by atoms with Crippen molar-refractivity contribution in [2.24, 2.45) is 0 Å². The highest BCUT2D eigenvalue weighted by Crippen LogP contribution is 2.57. The molecule has 0 saturated heterocycles. The summed E-state index contributed by atoms with van der Waals surface area (Å²) in [7, 11) is 0. The second-order valence-corrected chi connectivity index (χ2v) is 9.64. The number of phenolic OH excluding ortho intramolecular Hbond substituents is 1. The molecule has 0 radical (unpaired) electrons. The van der Waals surface area contributed by atoms with Crippen molar-refractivity contribution in [2.75, 3.05) is 6.61 Å². The quantitative estimate of drug-likeness (QED) is 0.590. The minimum absolute atomic E-state index is 0.0639. The Balaban J connectivity index is 1.72. The fourth-order valence-electron chi connectivity index (χ4n) is 5.20. The van der Waals surface area contributed by atoms with E-state index in [0.29, 0.717) is 36.0 Å². The molecule has 5 rings (SSSR count). The second kappa shape index (κ2) is 7.27. The molecule has 2 aromatic carbocycles. The Labute approximate surface area is 189 Å². The number of benzene rings is 2. The molecule has 1 aliphatic carbocycles. The highest BCUT2D eigenvalue weighted by Gasteiger charge is 2.56.